The Hall–Kier alpha value is 0.400. The van der Waals surface area contributed by atoms with Crippen molar-refractivity contribution in [2.75, 3.05) is 25.2 Å². The molecule has 0 bridgehead atoms. The first-order valence-electron chi connectivity index (χ1n) is 4.50. The van der Waals surface area contributed by atoms with Crippen molar-refractivity contribution in [3.05, 3.63) is 0 Å². The maximum atomic E-state index is 5.55. The van der Waals surface area contributed by atoms with Gasteiger partial charge in [-0.3, -0.25) is 0 Å². The summed E-state index contributed by atoms with van der Waals surface area (Å²) in [6, 6.07) is 0. The second kappa shape index (κ2) is 4.58. The van der Waals surface area contributed by atoms with E-state index in [4.69, 9.17) is 9.47 Å². The van der Waals surface area contributed by atoms with Gasteiger partial charge in [0.05, 0.1) is 12.7 Å². The molecule has 0 spiro atoms. The Kier molecular flexibility index (Phi) is 4.00. The highest BCUT2D eigenvalue weighted by Crippen LogP contribution is 2.36. The first kappa shape index (κ1) is 10.5. The minimum absolute atomic E-state index is 0.218. The first-order valence-corrected chi connectivity index (χ1v) is 5.62. The van der Waals surface area contributed by atoms with Crippen molar-refractivity contribution in [1.82, 2.24) is 0 Å². The number of hydrogen-bond donors (Lipinski definition) is 0. The van der Waals surface area contributed by atoms with E-state index in [1.54, 1.807) is 0 Å². The van der Waals surface area contributed by atoms with Gasteiger partial charge in [-0.2, -0.15) is 0 Å². The van der Waals surface area contributed by atoms with Crippen LogP contribution in [0.15, 0.2) is 0 Å². The zero-order valence-corrected chi connectivity index (χ0v) is 9.39. The normalized spacial score (nSPS) is 35.8. The van der Waals surface area contributed by atoms with E-state index in [1.165, 1.54) is 0 Å². The van der Waals surface area contributed by atoms with Crippen LogP contribution in [0.25, 0.3) is 0 Å². The van der Waals surface area contributed by atoms with Gasteiger partial charge in [-0.15, -0.1) is 0 Å². The van der Waals surface area contributed by atoms with Crippen LogP contribution in [0.3, 0.4) is 0 Å². The molecule has 1 aliphatic heterocycles. The molecule has 0 N–H and O–H groups in total. The Morgan fingerprint density at radius 3 is 2.83 bits per heavy atom. The van der Waals surface area contributed by atoms with Crippen LogP contribution in [0.5, 0.6) is 0 Å². The van der Waals surface area contributed by atoms with Crippen molar-refractivity contribution in [2.24, 2.45) is 5.41 Å². The molecule has 0 saturated carbocycles. The van der Waals surface area contributed by atoms with Gasteiger partial charge in [0.2, 0.25) is 0 Å². The Morgan fingerprint density at radius 1 is 1.67 bits per heavy atom. The molecule has 0 aromatic carbocycles. The highest BCUT2D eigenvalue weighted by molar-refractivity contribution is 9.09. The molecule has 2 nitrogen and oxygen atoms in total. The molecule has 0 radical (unpaired) electrons. The summed E-state index contributed by atoms with van der Waals surface area (Å²) in [5.74, 6) is 0. The maximum absolute atomic E-state index is 5.55. The fourth-order valence-corrected chi connectivity index (χ4v) is 2.43. The molecule has 2 atom stereocenters. The Balaban J connectivity index is 2.49. The molecular formula is C9H17BrO2. The van der Waals surface area contributed by atoms with Gasteiger partial charge in [-0.25, -0.2) is 0 Å². The third kappa shape index (κ3) is 2.01. The SMILES string of the molecule is CCOCC1(CBr)CCOC1C. The Bertz CT molecular complexity index is 140. The monoisotopic (exact) mass is 236 g/mol. The van der Waals surface area contributed by atoms with Crippen molar-refractivity contribution < 1.29 is 9.47 Å². The Labute approximate surface area is 82.7 Å². The number of hydrogen-bond acceptors (Lipinski definition) is 2. The van der Waals surface area contributed by atoms with Crippen LogP contribution in [0, 0.1) is 5.41 Å². The molecule has 72 valence electrons. The molecule has 0 aromatic heterocycles. The van der Waals surface area contributed by atoms with Crippen molar-refractivity contribution >= 4 is 15.9 Å². The molecule has 0 aromatic rings. The van der Waals surface area contributed by atoms with Crippen LogP contribution in [0.2, 0.25) is 0 Å². The molecule has 0 aliphatic carbocycles. The van der Waals surface area contributed by atoms with Crippen molar-refractivity contribution in [2.45, 2.75) is 26.4 Å². The van der Waals surface area contributed by atoms with Crippen molar-refractivity contribution in [1.29, 1.82) is 0 Å². The average molecular weight is 237 g/mol. The second-order valence-electron chi connectivity index (χ2n) is 3.40. The number of ether oxygens (including phenoxy) is 2. The van der Waals surface area contributed by atoms with Gasteiger partial charge in [0.25, 0.3) is 0 Å². The molecule has 1 saturated heterocycles. The van der Waals surface area contributed by atoms with Crippen molar-refractivity contribution in [3.8, 4) is 0 Å². The maximum Gasteiger partial charge on any atom is 0.0634 e. The van der Waals surface area contributed by atoms with Gasteiger partial charge in [-0.05, 0) is 20.3 Å². The lowest BCUT2D eigenvalue weighted by Crippen LogP contribution is -2.35. The molecule has 0 amide bonds. The summed E-state index contributed by atoms with van der Waals surface area (Å²) >= 11 is 3.54. The zero-order chi connectivity index (χ0) is 9.03. The Morgan fingerprint density at radius 2 is 2.42 bits per heavy atom. The van der Waals surface area contributed by atoms with E-state index < -0.39 is 0 Å². The summed E-state index contributed by atoms with van der Waals surface area (Å²) in [6.07, 6.45) is 1.43. The van der Waals surface area contributed by atoms with Crippen LogP contribution in [0.4, 0.5) is 0 Å². The predicted octanol–water partition coefficient (Wildman–Crippen LogP) is 2.21. The fourth-order valence-electron chi connectivity index (χ4n) is 1.53. The lowest BCUT2D eigenvalue weighted by atomic mass is 9.85. The van der Waals surface area contributed by atoms with E-state index in [0.29, 0.717) is 6.10 Å². The number of halogens is 1. The van der Waals surface area contributed by atoms with Crippen LogP contribution in [-0.4, -0.2) is 31.3 Å². The summed E-state index contributed by atoms with van der Waals surface area (Å²) in [4.78, 5) is 0. The summed E-state index contributed by atoms with van der Waals surface area (Å²) in [5, 5.41) is 0.973. The van der Waals surface area contributed by atoms with Gasteiger partial charge in [0.15, 0.2) is 0 Å². The summed E-state index contributed by atoms with van der Waals surface area (Å²) < 4.78 is 11.0. The molecular weight excluding hydrogens is 220 g/mol. The fraction of sp³-hybridized carbons (Fsp3) is 1.00. The summed E-state index contributed by atoms with van der Waals surface area (Å²) in [5.41, 5.74) is 0.218. The largest absolute Gasteiger partial charge is 0.381 e. The van der Waals surface area contributed by atoms with E-state index in [2.05, 4.69) is 22.9 Å². The first-order chi connectivity index (χ1) is 5.75. The second-order valence-corrected chi connectivity index (χ2v) is 3.96. The topological polar surface area (TPSA) is 18.5 Å². The minimum Gasteiger partial charge on any atom is -0.381 e. The zero-order valence-electron chi connectivity index (χ0n) is 7.81. The molecule has 1 rings (SSSR count). The molecule has 1 aliphatic rings. The van der Waals surface area contributed by atoms with E-state index in [0.717, 1.165) is 31.6 Å². The molecule has 3 heteroatoms. The third-order valence-electron chi connectivity index (χ3n) is 2.69. The molecule has 12 heavy (non-hydrogen) atoms. The van der Waals surface area contributed by atoms with E-state index >= 15 is 0 Å². The standard InChI is InChI=1S/C9H17BrO2/c1-3-11-7-9(6-10)4-5-12-8(9)2/h8H,3-7H2,1-2H3. The van der Waals surface area contributed by atoms with Crippen LogP contribution in [0.1, 0.15) is 20.3 Å². The van der Waals surface area contributed by atoms with Crippen LogP contribution in [-0.2, 0) is 9.47 Å². The summed E-state index contributed by atoms with van der Waals surface area (Å²) in [6.45, 7) is 6.65. The molecule has 2 unspecified atom stereocenters. The lowest BCUT2D eigenvalue weighted by Gasteiger charge is -2.29. The lowest BCUT2D eigenvalue weighted by molar-refractivity contribution is 0.0106. The van der Waals surface area contributed by atoms with Gasteiger partial charge in [-0.1, -0.05) is 15.9 Å². The van der Waals surface area contributed by atoms with Gasteiger partial charge >= 0.3 is 0 Å². The van der Waals surface area contributed by atoms with Crippen LogP contribution >= 0.6 is 15.9 Å². The van der Waals surface area contributed by atoms with Crippen LogP contribution < -0.4 is 0 Å². The average Bonchev–Trinajstić information content (AvgIpc) is 2.45. The molecule has 1 heterocycles. The molecule has 1 fully saturated rings. The third-order valence-corrected chi connectivity index (χ3v) is 3.81. The van der Waals surface area contributed by atoms with Gasteiger partial charge in [0.1, 0.15) is 0 Å². The van der Waals surface area contributed by atoms with Crippen molar-refractivity contribution in [3.63, 3.8) is 0 Å². The predicted molar refractivity (Wildman–Crippen MR) is 52.8 cm³/mol. The smallest absolute Gasteiger partial charge is 0.0634 e. The van der Waals surface area contributed by atoms with E-state index in [1.807, 2.05) is 6.92 Å². The van der Waals surface area contributed by atoms with E-state index in [9.17, 15) is 0 Å². The number of rotatable bonds is 4. The van der Waals surface area contributed by atoms with Gasteiger partial charge in [0, 0.05) is 24.0 Å². The van der Waals surface area contributed by atoms with E-state index in [-0.39, 0.29) is 5.41 Å². The highest BCUT2D eigenvalue weighted by atomic mass is 79.9. The summed E-state index contributed by atoms with van der Waals surface area (Å²) in [7, 11) is 0. The minimum atomic E-state index is 0.218. The highest BCUT2D eigenvalue weighted by Gasteiger charge is 2.40. The van der Waals surface area contributed by atoms with Gasteiger partial charge < -0.3 is 9.47 Å². The number of alkyl halides is 1. The quantitative estimate of drug-likeness (QED) is 0.698.